The van der Waals surface area contributed by atoms with Crippen molar-refractivity contribution in [1.82, 2.24) is 20.2 Å². The van der Waals surface area contributed by atoms with E-state index < -0.39 is 0 Å². The highest BCUT2D eigenvalue weighted by atomic mass is 35.5. The van der Waals surface area contributed by atoms with E-state index in [2.05, 4.69) is 25.5 Å². The van der Waals surface area contributed by atoms with Crippen molar-refractivity contribution in [3.63, 3.8) is 0 Å². The van der Waals surface area contributed by atoms with Crippen LogP contribution in [0.2, 0.25) is 5.15 Å². The zero-order chi connectivity index (χ0) is 13.7. The standard InChI is InChI=1S/C12H16ClN5O/c1-3-19-7-12-17-10(13)4-11(18-12)16-8(2)9-5-14-15-6-9/h4-6,8H,3,7H2,1-2H3,(H,14,15)(H,16,17,18). The Balaban J connectivity index is 2.09. The lowest BCUT2D eigenvalue weighted by atomic mass is 10.2. The fourth-order valence-electron chi connectivity index (χ4n) is 1.60. The minimum absolute atomic E-state index is 0.0738. The summed E-state index contributed by atoms with van der Waals surface area (Å²) in [6.45, 7) is 4.91. The first kappa shape index (κ1) is 13.8. The molecule has 0 aliphatic rings. The molecule has 2 N–H and O–H groups in total. The molecule has 0 bridgehead atoms. The molecule has 2 heterocycles. The fraction of sp³-hybridized carbons (Fsp3) is 0.417. The fourth-order valence-corrected chi connectivity index (χ4v) is 1.80. The number of halogens is 1. The molecule has 0 saturated heterocycles. The number of ether oxygens (including phenoxy) is 1. The lowest BCUT2D eigenvalue weighted by Crippen LogP contribution is -2.09. The molecule has 0 radical (unpaired) electrons. The second-order valence-electron chi connectivity index (χ2n) is 4.03. The first-order valence-corrected chi connectivity index (χ1v) is 6.43. The molecule has 0 amide bonds. The van der Waals surface area contributed by atoms with Crippen LogP contribution >= 0.6 is 11.6 Å². The third kappa shape index (κ3) is 3.90. The number of aromatic nitrogens is 4. The van der Waals surface area contributed by atoms with Gasteiger partial charge in [0.25, 0.3) is 0 Å². The van der Waals surface area contributed by atoms with Gasteiger partial charge in [-0.05, 0) is 13.8 Å². The van der Waals surface area contributed by atoms with E-state index in [1.807, 2.05) is 20.0 Å². The molecule has 2 aromatic rings. The van der Waals surface area contributed by atoms with Gasteiger partial charge in [0, 0.05) is 24.4 Å². The monoisotopic (exact) mass is 281 g/mol. The lowest BCUT2D eigenvalue weighted by molar-refractivity contribution is 0.128. The zero-order valence-corrected chi connectivity index (χ0v) is 11.6. The van der Waals surface area contributed by atoms with E-state index in [-0.39, 0.29) is 6.04 Å². The molecule has 1 unspecified atom stereocenters. The molecule has 2 aromatic heterocycles. The summed E-state index contributed by atoms with van der Waals surface area (Å²) in [5.41, 5.74) is 1.04. The lowest BCUT2D eigenvalue weighted by Gasteiger charge is -2.13. The molecule has 7 heteroatoms. The predicted octanol–water partition coefficient (Wildman–Crippen LogP) is 2.56. The Bertz CT molecular complexity index is 517. The van der Waals surface area contributed by atoms with Crippen molar-refractivity contribution in [3.05, 3.63) is 35.0 Å². The maximum Gasteiger partial charge on any atom is 0.158 e. The van der Waals surface area contributed by atoms with E-state index in [0.717, 1.165) is 5.56 Å². The van der Waals surface area contributed by atoms with E-state index >= 15 is 0 Å². The minimum atomic E-state index is 0.0738. The molecule has 0 spiro atoms. The number of nitrogens with one attached hydrogen (secondary N) is 2. The Hall–Kier alpha value is -1.66. The maximum absolute atomic E-state index is 5.97. The summed E-state index contributed by atoms with van der Waals surface area (Å²) in [6, 6.07) is 1.76. The average molecular weight is 282 g/mol. The van der Waals surface area contributed by atoms with Crippen LogP contribution in [0.25, 0.3) is 0 Å². The molecule has 0 aliphatic carbocycles. The van der Waals surface area contributed by atoms with Gasteiger partial charge in [-0.1, -0.05) is 11.6 Å². The summed E-state index contributed by atoms with van der Waals surface area (Å²) in [4.78, 5) is 8.47. The smallest absolute Gasteiger partial charge is 0.158 e. The van der Waals surface area contributed by atoms with Crippen molar-refractivity contribution in [3.8, 4) is 0 Å². The van der Waals surface area contributed by atoms with Crippen LogP contribution in [-0.4, -0.2) is 26.8 Å². The van der Waals surface area contributed by atoms with Crippen LogP contribution < -0.4 is 5.32 Å². The first-order chi connectivity index (χ1) is 9.19. The molecule has 19 heavy (non-hydrogen) atoms. The quantitative estimate of drug-likeness (QED) is 0.796. The molecule has 6 nitrogen and oxygen atoms in total. The minimum Gasteiger partial charge on any atom is -0.374 e. The van der Waals surface area contributed by atoms with E-state index in [9.17, 15) is 0 Å². The van der Waals surface area contributed by atoms with Crippen molar-refractivity contribution in [2.75, 3.05) is 11.9 Å². The average Bonchev–Trinajstić information content (AvgIpc) is 2.89. The topological polar surface area (TPSA) is 75.7 Å². The molecule has 0 aliphatic heterocycles. The second kappa shape index (κ2) is 6.49. The van der Waals surface area contributed by atoms with Gasteiger partial charge >= 0.3 is 0 Å². The van der Waals surface area contributed by atoms with Crippen LogP contribution in [0.4, 0.5) is 5.82 Å². The van der Waals surface area contributed by atoms with Crippen LogP contribution in [0.15, 0.2) is 18.5 Å². The van der Waals surface area contributed by atoms with Gasteiger partial charge in [-0.3, -0.25) is 5.10 Å². The normalized spacial score (nSPS) is 12.4. The Labute approximate surface area is 116 Å². The van der Waals surface area contributed by atoms with Gasteiger partial charge in [0.1, 0.15) is 17.6 Å². The van der Waals surface area contributed by atoms with Crippen LogP contribution in [0, 0.1) is 0 Å². The first-order valence-electron chi connectivity index (χ1n) is 6.05. The van der Waals surface area contributed by atoms with Crippen molar-refractivity contribution >= 4 is 17.4 Å². The summed E-state index contributed by atoms with van der Waals surface area (Å²) >= 11 is 5.97. The summed E-state index contributed by atoms with van der Waals surface area (Å²) in [5.74, 6) is 1.24. The van der Waals surface area contributed by atoms with Gasteiger partial charge < -0.3 is 10.1 Å². The van der Waals surface area contributed by atoms with Crippen molar-refractivity contribution in [1.29, 1.82) is 0 Å². The van der Waals surface area contributed by atoms with Crippen molar-refractivity contribution in [2.24, 2.45) is 0 Å². The SMILES string of the molecule is CCOCc1nc(Cl)cc(NC(C)c2cn[nH]c2)n1. The molecular weight excluding hydrogens is 266 g/mol. The van der Waals surface area contributed by atoms with Crippen LogP contribution in [0.5, 0.6) is 0 Å². The molecule has 0 saturated carbocycles. The summed E-state index contributed by atoms with van der Waals surface area (Å²) in [7, 11) is 0. The summed E-state index contributed by atoms with van der Waals surface area (Å²) in [6.07, 6.45) is 3.60. The Morgan fingerprint density at radius 3 is 3.00 bits per heavy atom. The number of hydrogen-bond acceptors (Lipinski definition) is 5. The van der Waals surface area contributed by atoms with E-state index in [1.165, 1.54) is 0 Å². The molecule has 0 aromatic carbocycles. The van der Waals surface area contributed by atoms with Gasteiger partial charge in [0.05, 0.1) is 12.2 Å². The Morgan fingerprint density at radius 1 is 1.47 bits per heavy atom. The number of nitrogens with zero attached hydrogens (tertiary/aromatic N) is 3. The summed E-state index contributed by atoms with van der Waals surface area (Å²) in [5, 5.41) is 10.3. The number of H-pyrrole nitrogens is 1. The van der Waals surface area contributed by atoms with Crippen molar-refractivity contribution < 1.29 is 4.74 Å². The van der Waals surface area contributed by atoms with Gasteiger partial charge in [0.15, 0.2) is 5.82 Å². The van der Waals surface area contributed by atoms with Crippen LogP contribution in [0.1, 0.15) is 31.3 Å². The van der Waals surface area contributed by atoms with Gasteiger partial charge in [-0.2, -0.15) is 5.10 Å². The van der Waals surface area contributed by atoms with E-state index in [1.54, 1.807) is 12.3 Å². The number of rotatable bonds is 6. The highest BCUT2D eigenvalue weighted by Gasteiger charge is 2.09. The zero-order valence-electron chi connectivity index (χ0n) is 10.9. The number of aromatic amines is 1. The highest BCUT2D eigenvalue weighted by molar-refractivity contribution is 6.29. The third-order valence-corrected chi connectivity index (χ3v) is 2.75. The van der Waals surface area contributed by atoms with Gasteiger partial charge in [0.2, 0.25) is 0 Å². The third-order valence-electron chi connectivity index (χ3n) is 2.56. The molecular formula is C12H16ClN5O. The largest absolute Gasteiger partial charge is 0.374 e. The number of anilines is 1. The molecule has 0 fully saturated rings. The van der Waals surface area contributed by atoms with E-state index in [0.29, 0.717) is 30.0 Å². The Kier molecular flexibility index (Phi) is 4.70. The van der Waals surface area contributed by atoms with Gasteiger partial charge in [-0.25, -0.2) is 9.97 Å². The Morgan fingerprint density at radius 2 is 2.32 bits per heavy atom. The summed E-state index contributed by atoms with van der Waals surface area (Å²) < 4.78 is 5.28. The van der Waals surface area contributed by atoms with E-state index in [4.69, 9.17) is 16.3 Å². The highest BCUT2D eigenvalue weighted by Crippen LogP contribution is 2.19. The maximum atomic E-state index is 5.97. The van der Waals surface area contributed by atoms with Crippen molar-refractivity contribution in [2.45, 2.75) is 26.5 Å². The second-order valence-corrected chi connectivity index (χ2v) is 4.41. The molecule has 102 valence electrons. The van der Waals surface area contributed by atoms with Crippen LogP contribution in [-0.2, 0) is 11.3 Å². The van der Waals surface area contributed by atoms with Crippen LogP contribution in [0.3, 0.4) is 0 Å². The predicted molar refractivity (Wildman–Crippen MR) is 73.0 cm³/mol. The number of hydrogen-bond donors (Lipinski definition) is 2. The van der Waals surface area contributed by atoms with Gasteiger partial charge in [-0.15, -0.1) is 0 Å². The molecule has 2 rings (SSSR count). The molecule has 1 atom stereocenters.